The van der Waals surface area contributed by atoms with Crippen LogP contribution in [0.4, 0.5) is 10.5 Å². The SMILES string of the molecule is CC(C)NC(=O)N1CCC(C(=O)Nc2cccc(C#N)c2)CC1. The number of benzene rings is 1. The topological polar surface area (TPSA) is 85.2 Å². The lowest BCUT2D eigenvalue weighted by Crippen LogP contribution is -2.47. The Balaban J connectivity index is 1.86. The molecule has 0 atom stereocenters. The highest BCUT2D eigenvalue weighted by Gasteiger charge is 2.27. The number of nitrogens with one attached hydrogen (secondary N) is 2. The number of likely N-dealkylation sites (tertiary alicyclic amines) is 1. The van der Waals surface area contributed by atoms with Crippen molar-refractivity contribution in [1.29, 1.82) is 5.26 Å². The van der Waals surface area contributed by atoms with Gasteiger partial charge < -0.3 is 15.5 Å². The molecule has 23 heavy (non-hydrogen) atoms. The summed E-state index contributed by atoms with van der Waals surface area (Å²) in [7, 11) is 0. The van der Waals surface area contributed by atoms with E-state index in [0.717, 1.165) is 0 Å². The van der Waals surface area contributed by atoms with Crippen molar-refractivity contribution in [1.82, 2.24) is 10.2 Å². The lowest BCUT2D eigenvalue weighted by Gasteiger charge is -2.32. The van der Waals surface area contributed by atoms with Crippen LogP contribution < -0.4 is 10.6 Å². The maximum absolute atomic E-state index is 12.3. The van der Waals surface area contributed by atoms with Crippen LogP contribution in [0.3, 0.4) is 0 Å². The van der Waals surface area contributed by atoms with Gasteiger partial charge >= 0.3 is 6.03 Å². The second-order valence-electron chi connectivity index (χ2n) is 6.05. The summed E-state index contributed by atoms with van der Waals surface area (Å²) in [5.41, 5.74) is 1.15. The summed E-state index contributed by atoms with van der Waals surface area (Å²) in [6.45, 7) is 5.00. The Morgan fingerprint density at radius 2 is 2.00 bits per heavy atom. The summed E-state index contributed by atoms with van der Waals surface area (Å²) in [6.07, 6.45) is 1.30. The second-order valence-corrected chi connectivity index (χ2v) is 6.05. The molecule has 6 heteroatoms. The van der Waals surface area contributed by atoms with E-state index in [9.17, 15) is 9.59 Å². The predicted molar refractivity (Wildman–Crippen MR) is 87.8 cm³/mol. The van der Waals surface area contributed by atoms with E-state index in [4.69, 9.17) is 5.26 Å². The van der Waals surface area contributed by atoms with Gasteiger partial charge in [0, 0.05) is 30.7 Å². The Labute approximate surface area is 136 Å². The summed E-state index contributed by atoms with van der Waals surface area (Å²) < 4.78 is 0. The molecule has 0 unspecified atom stereocenters. The number of anilines is 1. The molecule has 0 saturated carbocycles. The average Bonchev–Trinajstić information content (AvgIpc) is 2.54. The van der Waals surface area contributed by atoms with Crippen molar-refractivity contribution in [3.05, 3.63) is 29.8 Å². The summed E-state index contributed by atoms with van der Waals surface area (Å²) in [5.74, 6) is -0.159. The van der Waals surface area contributed by atoms with E-state index in [1.165, 1.54) is 0 Å². The minimum atomic E-state index is -0.108. The Bertz CT molecular complexity index is 613. The number of hydrogen-bond donors (Lipinski definition) is 2. The Kier molecular flexibility index (Phi) is 5.58. The molecule has 0 bridgehead atoms. The summed E-state index contributed by atoms with van der Waals surface area (Å²) in [6, 6.07) is 8.95. The normalized spacial score (nSPS) is 15.1. The van der Waals surface area contributed by atoms with E-state index in [1.807, 2.05) is 13.8 Å². The highest BCUT2D eigenvalue weighted by atomic mass is 16.2. The predicted octanol–water partition coefficient (Wildman–Crippen LogP) is 2.33. The quantitative estimate of drug-likeness (QED) is 0.898. The zero-order valence-electron chi connectivity index (χ0n) is 13.5. The van der Waals surface area contributed by atoms with Gasteiger partial charge in [0.25, 0.3) is 0 Å². The maximum Gasteiger partial charge on any atom is 0.317 e. The number of urea groups is 1. The monoisotopic (exact) mass is 314 g/mol. The minimum Gasteiger partial charge on any atom is -0.336 e. The summed E-state index contributed by atoms with van der Waals surface area (Å²) in [5, 5.41) is 14.6. The van der Waals surface area contributed by atoms with Crippen molar-refractivity contribution in [3.63, 3.8) is 0 Å². The molecule has 0 aromatic heterocycles. The van der Waals surface area contributed by atoms with E-state index < -0.39 is 0 Å². The third kappa shape index (κ3) is 4.71. The average molecular weight is 314 g/mol. The van der Waals surface area contributed by atoms with Crippen LogP contribution in [0.5, 0.6) is 0 Å². The van der Waals surface area contributed by atoms with Crippen LogP contribution in [0, 0.1) is 17.2 Å². The molecule has 2 N–H and O–H groups in total. The van der Waals surface area contributed by atoms with Crippen LogP contribution >= 0.6 is 0 Å². The molecule has 0 spiro atoms. The van der Waals surface area contributed by atoms with Crippen LogP contribution in [0.15, 0.2) is 24.3 Å². The molecule has 1 saturated heterocycles. The molecule has 0 aliphatic carbocycles. The van der Waals surface area contributed by atoms with Gasteiger partial charge in [0.15, 0.2) is 0 Å². The van der Waals surface area contributed by atoms with Gasteiger partial charge in [-0.2, -0.15) is 5.26 Å². The molecule has 1 aromatic carbocycles. The van der Waals surface area contributed by atoms with Crippen molar-refractivity contribution in [3.8, 4) is 6.07 Å². The first-order chi connectivity index (χ1) is 11.0. The molecule has 0 radical (unpaired) electrons. The molecular weight excluding hydrogens is 292 g/mol. The molecule has 122 valence electrons. The molecule has 1 aliphatic rings. The van der Waals surface area contributed by atoms with Crippen molar-refractivity contribution in [2.75, 3.05) is 18.4 Å². The third-order valence-corrected chi connectivity index (χ3v) is 3.82. The third-order valence-electron chi connectivity index (χ3n) is 3.82. The van der Waals surface area contributed by atoms with E-state index in [0.29, 0.717) is 37.2 Å². The van der Waals surface area contributed by atoms with Crippen LogP contribution in [0.2, 0.25) is 0 Å². The lowest BCUT2D eigenvalue weighted by molar-refractivity contribution is -0.121. The van der Waals surface area contributed by atoms with Crippen LogP contribution in [0.1, 0.15) is 32.3 Å². The van der Waals surface area contributed by atoms with Crippen LogP contribution in [-0.2, 0) is 4.79 Å². The Morgan fingerprint density at radius 3 is 2.61 bits per heavy atom. The zero-order valence-corrected chi connectivity index (χ0v) is 13.5. The van der Waals surface area contributed by atoms with Gasteiger partial charge in [0.05, 0.1) is 11.6 Å². The molecule has 1 aliphatic heterocycles. The van der Waals surface area contributed by atoms with Crippen molar-refractivity contribution >= 4 is 17.6 Å². The number of nitrogens with zero attached hydrogens (tertiary/aromatic N) is 2. The van der Waals surface area contributed by atoms with Gasteiger partial charge in [-0.15, -0.1) is 0 Å². The molecule has 1 fully saturated rings. The Morgan fingerprint density at radius 1 is 1.30 bits per heavy atom. The molecular formula is C17H22N4O2. The number of carbonyl (C=O) groups excluding carboxylic acids is 2. The fourth-order valence-corrected chi connectivity index (χ4v) is 2.59. The van der Waals surface area contributed by atoms with Crippen LogP contribution in [-0.4, -0.2) is 36.0 Å². The molecule has 1 aromatic rings. The molecule has 6 nitrogen and oxygen atoms in total. The molecule has 1 heterocycles. The summed E-state index contributed by atoms with van der Waals surface area (Å²) >= 11 is 0. The number of piperidine rings is 1. The van der Waals surface area contributed by atoms with Crippen molar-refractivity contribution in [2.45, 2.75) is 32.7 Å². The van der Waals surface area contributed by atoms with Gasteiger partial charge in [-0.1, -0.05) is 6.07 Å². The second kappa shape index (κ2) is 7.63. The smallest absolute Gasteiger partial charge is 0.317 e. The van der Waals surface area contributed by atoms with E-state index >= 15 is 0 Å². The fraction of sp³-hybridized carbons (Fsp3) is 0.471. The fourth-order valence-electron chi connectivity index (χ4n) is 2.59. The van der Waals surface area contributed by atoms with Gasteiger partial charge in [-0.25, -0.2) is 4.79 Å². The summed E-state index contributed by atoms with van der Waals surface area (Å²) in [4.78, 5) is 26.0. The Hall–Kier alpha value is -2.55. The number of nitriles is 1. The largest absolute Gasteiger partial charge is 0.336 e. The highest BCUT2D eigenvalue weighted by Crippen LogP contribution is 2.20. The van der Waals surface area contributed by atoms with Crippen molar-refractivity contribution < 1.29 is 9.59 Å². The number of carbonyl (C=O) groups is 2. The molecule has 2 rings (SSSR count). The van der Waals surface area contributed by atoms with E-state index in [-0.39, 0.29) is 23.9 Å². The highest BCUT2D eigenvalue weighted by molar-refractivity contribution is 5.92. The maximum atomic E-state index is 12.3. The van der Waals surface area contributed by atoms with E-state index in [2.05, 4.69) is 16.7 Å². The first-order valence-electron chi connectivity index (χ1n) is 7.86. The molecule has 3 amide bonds. The van der Waals surface area contributed by atoms with Gasteiger partial charge in [-0.3, -0.25) is 4.79 Å². The first kappa shape index (κ1) is 16.8. The zero-order chi connectivity index (χ0) is 16.8. The lowest BCUT2D eigenvalue weighted by atomic mass is 9.96. The minimum absolute atomic E-state index is 0.0518. The van der Waals surface area contributed by atoms with Crippen LogP contribution in [0.25, 0.3) is 0 Å². The first-order valence-corrected chi connectivity index (χ1v) is 7.86. The van der Waals surface area contributed by atoms with E-state index in [1.54, 1.807) is 29.2 Å². The van der Waals surface area contributed by atoms with Gasteiger partial charge in [0.2, 0.25) is 5.91 Å². The number of amides is 3. The number of hydrogen-bond acceptors (Lipinski definition) is 3. The standard InChI is InChI=1S/C17H22N4O2/c1-12(2)19-17(23)21-8-6-14(7-9-21)16(22)20-15-5-3-4-13(10-15)11-18/h3-5,10,12,14H,6-9H2,1-2H3,(H,19,23)(H,20,22). The van der Waals surface area contributed by atoms with Crippen molar-refractivity contribution in [2.24, 2.45) is 5.92 Å². The van der Waals surface area contributed by atoms with Gasteiger partial charge in [-0.05, 0) is 44.9 Å². The number of rotatable bonds is 3. The van der Waals surface area contributed by atoms with Gasteiger partial charge in [0.1, 0.15) is 0 Å².